The molecule has 2 atom stereocenters. The predicted molar refractivity (Wildman–Crippen MR) is 76.0 cm³/mol. The molecule has 0 spiro atoms. The topological polar surface area (TPSA) is 75.6 Å². The summed E-state index contributed by atoms with van der Waals surface area (Å²) in [6, 6.07) is 5.74. The second-order valence-corrected chi connectivity index (χ2v) is 4.95. The molecular formula is C14H18ClNO4. The maximum Gasteiger partial charge on any atom is 0.326 e. The lowest BCUT2D eigenvalue weighted by atomic mass is 9.99. The van der Waals surface area contributed by atoms with Crippen LogP contribution in [0.4, 0.5) is 0 Å². The molecule has 1 amide bonds. The number of carboxylic acids is 1. The number of hydrogen-bond acceptors (Lipinski definition) is 3. The minimum atomic E-state index is -1.05. The molecule has 5 nitrogen and oxygen atoms in total. The van der Waals surface area contributed by atoms with Gasteiger partial charge in [0.25, 0.3) is 5.91 Å². The molecule has 110 valence electrons. The van der Waals surface area contributed by atoms with Crippen LogP contribution in [-0.2, 0) is 9.59 Å². The van der Waals surface area contributed by atoms with E-state index in [1.807, 2.05) is 6.92 Å². The van der Waals surface area contributed by atoms with Crippen molar-refractivity contribution in [1.82, 2.24) is 5.32 Å². The maximum atomic E-state index is 11.7. The van der Waals surface area contributed by atoms with Gasteiger partial charge in [-0.05, 0) is 24.1 Å². The van der Waals surface area contributed by atoms with Crippen LogP contribution >= 0.6 is 11.6 Å². The molecule has 0 bridgehead atoms. The lowest BCUT2D eigenvalue weighted by Crippen LogP contribution is -2.46. The van der Waals surface area contributed by atoms with Crippen LogP contribution in [0.5, 0.6) is 5.75 Å². The summed E-state index contributed by atoms with van der Waals surface area (Å²) in [5.41, 5.74) is 0. The number of hydrogen-bond donors (Lipinski definition) is 2. The van der Waals surface area contributed by atoms with E-state index in [0.29, 0.717) is 17.2 Å². The van der Waals surface area contributed by atoms with Crippen molar-refractivity contribution in [3.8, 4) is 5.75 Å². The largest absolute Gasteiger partial charge is 0.484 e. The third-order valence-electron chi connectivity index (χ3n) is 2.96. The zero-order chi connectivity index (χ0) is 15.1. The van der Waals surface area contributed by atoms with E-state index in [4.69, 9.17) is 21.4 Å². The van der Waals surface area contributed by atoms with Crippen molar-refractivity contribution >= 4 is 23.5 Å². The highest BCUT2D eigenvalue weighted by Gasteiger charge is 2.25. The van der Waals surface area contributed by atoms with Gasteiger partial charge in [-0.2, -0.15) is 0 Å². The standard InChI is InChI=1S/C14H18ClNO4/c1-3-9(2)13(14(18)19)16-12(17)8-20-11-6-4-5-10(15)7-11/h4-7,9,13H,3,8H2,1-2H3,(H,16,17)(H,18,19)/t9-,13-/m0/s1. The van der Waals surface area contributed by atoms with Gasteiger partial charge in [-0.15, -0.1) is 0 Å². The van der Waals surface area contributed by atoms with Crippen molar-refractivity contribution in [2.75, 3.05) is 6.61 Å². The Balaban J connectivity index is 2.52. The molecule has 1 aromatic rings. The monoisotopic (exact) mass is 299 g/mol. The first kappa shape index (κ1) is 16.3. The van der Waals surface area contributed by atoms with Gasteiger partial charge >= 0.3 is 5.97 Å². The van der Waals surface area contributed by atoms with E-state index in [0.717, 1.165) is 0 Å². The van der Waals surface area contributed by atoms with E-state index in [1.165, 1.54) is 0 Å². The molecule has 2 N–H and O–H groups in total. The predicted octanol–water partition coefficient (Wildman–Crippen LogP) is 2.33. The highest BCUT2D eigenvalue weighted by atomic mass is 35.5. The molecule has 0 aliphatic rings. The molecule has 0 saturated heterocycles. The van der Waals surface area contributed by atoms with Gasteiger partial charge in [-0.25, -0.2) is 4.79 Å². The summed E-state index contributed by atoms with van der Waals surface area (Å²) >= 11 is 5.79. The van der Waals surface area contributed by atoms with Crippen molar-refractivity contribution in [1.29, 1.82) is 0 Å². The number of benzene rings is 1. The van der Waals surface area contributed by atoms with Crippen LogP contribution < -0.4 is 10.1 Å². The molecule has 1 aromatic carbocycles. The van der Waals surface area contributed by atoms with Gasteiger partial charge in [0, 0.05) is 5.02 Å². The normalized spacial score (nSPS) is 13.3. The Bertz CT molecular complexity index is 478. The van der Waals surface area contributed by atoms with Crippen molar-refractivity contribution in [3.05, 3.63) is 29.3 Å². The second kappa shape index (κ2) is 7.75. The quantitative estimate of drug-likeness (QED) is 0.810. The number of carbonyl (C=O) groups is 2. The van der Waals surface area contributed by atoms with E-state index in [-0.39, 0.29) is 12.5 Å². The number of amides is 1. The second-order valence-electron chi connectivity index (χ2n) is 4.52. The van der Waals surface area contributed by atoms with Crippen LogP contribution in [0, 0.1) is 5.92 Å². The zero-order valence-electron chi connectivity index (χ0n) is 11.4. The third kappa shape index (κ3) is 5.09. The van der Waals surface area contributed by atoms with Crippen molar-refractivity contribution in [2.24, 2.45) is 5.92 Å². The van der Waals surface area contributed by atoms with Crippen LogP contribution in [0.1, 0.15) is 20.3 Å². The fraction of sp³-hybridized carbons (Fsp3) is 0.429. The van der Waals surface area contributed by atoms with Gasteiger partial charge < -0.3 is 15.2 Å². The smallest absolute Gasteiger partial charge is 0.326 e. The minimum Gasteiger partial charge on any atom is -0.484 e. The third-order valence-corrected chi connectivity index (χ3v) is 3.20. The number of rotatable bonds is 7. The molecular weight excluding hydrogens is 282 g/mol. The highest BCUT2D eigenvalue weighted by Crippen LogP contribution is 2.17. The number of ether oxygens (including phenoxy) is 1. The van der Waals surface area contributed by atoms with Gasteiger partial charge in [-0.3, -0.25) is 4.79 Å². The molecule has 0 fully saturated rings. The van der Waals surface area contributed by atoms with Crippen molar-refractivity contribution < 1.29 is 19.4 Å². The van der Waals surface area contributed by atoms with Gasteiger partial charge in [0.1, 0.15) is 11.8 Å². The molecule has 0 radical (unpaired) electrons. The maximum absolute atomic E-state index is 11.7. The Morgan fingerprint density at radius 3 is 2.70 bits per heavy atom. The molecule has 0 aromatic heterocycles. The number of carboxylic acid groups (broad SMARTS) is 1. The molecule has 0 saturated carbocycles. The number of carbonyl (C=O) groups excluding carboxylic acids is 1. The Kier molecular flexibility index (Phi) is 6.31. The first-order chi connectivity index (χ1) is 9.43. The average Bonchev–Trinajstić information content (AvgIpc) is 2.41. The lowest BCUT2D eigenvalue weighted by Gasteiger charge is -2.20. The van der Waals surface area contributed by atoms with E-state index >= 15 is 0 Å². The van der Waals surface area contributed by atoms with Crippen molar-refractivity contribution in [3.63, 3.8) is 0 Å². The van der Waals surface area contributed by atoms with Gasteiger partial charge in [0.05, 0.1) is 0 Å². The van der Waals surface area contributed by atoms with Gasteiger partial charge in [0.15, 0.2) is 6.61 Å². The van der Waals surface area contributed by atoms with E-state index in [1.54, 1.807) is 31.2 Å². The summed E-state index contributed by atoms with van der Waals surface area (Å²) < 4.78 is 5.25. The SMILES string of the molecule is CC[C@H](C)[C@H](NC(=O)COc1cccc(Cl)c1)C(=O)O. The first-order valence-corrected chi connectivity index (χ1v) is 6.72. The van der Waals surface area contributed by atoms with E-state index in [9.17, 15) is 9.59 Å². The molecule has 0 aliphatic heterocycles. The summed E-state index contributed by atoms with van der Waals surface area (Å²) in [7, 11) is 0. The fourth-order valence-corrected chi connectivity index (χ4v) is 1.78. The Hall–Kier alpha value is -1.75. The number of aliphatic carboxylic acids is 1. The first-order valence-electron chi connectivity index (χ1n) is 6.34. The summed E-state index contributed by atoms with van der Waals surface area (Å²) in [6.45, 7) is 3.40. The highest BCUT2D eigenvalue weighted by molar-refractivity contribution is 6.30. The van der Waals surface area contributed by atoms with Crippen LogP contribution in [0.25, 0.3) is 0 Å². The summed E-state index contributed by atoms with van der Waals surface area (Å²) in [4.78, 5) is 22.8. The Morgan fingerprint density at radius 2 is 2.15 bits per heavy atom. The lowest BCUT2D eigenvalue weighted by molar-refractivity contribution is -0.143. The average molecular weight is 300 g/mol. The molecule has 1 rings (SSSR count). The van der Waals surface area contributed by atoms with E-state index < -0.39 is 17.9 Å². The van der Waals surface area contributed by atoms with Crippen LogP contribution in [0.15, 0.2) is 24.3 Å². The summed E-state index contributed by atoms with van der Waals surface area (Å²) in [6.07, 6.45) is 0.659. The van der Waals surface area contributed by atoms with Gasteiger partial charge in [-0.1, -0.05) is 37.9 Å². The zero-order valence-corrected chi connectivity index (χ0v) is 12.2. The van der Waals surface area contributed by atoms with Crippen LogP contribution in [0.2, 0.25) is 5.02 Å². The molecule has 0 heterocycles. The summed E-state index contributed by atoms with van der Waals surface area (Å²) in [5.74, 6) is -1.21. The molecule has 0 unspecified atom stereocenters. The van der Waals surface area contributed by atoms with E-state index in [2.05, 4.69) is 5.32 Å². The Morgan fingerprint density at radius 1 is 1.45 bits per heavy atom. The molecule has 0 aliphatic carbocycles. The number of nitrogens with one attached hydrogen (secondary N) is 1. The minimum absolute atomic E-state index is 0.150. The summed E-state index contributed by atoms with van der Waals surface area (Å²) in [5, 5.41) is 12.0. The van der Waals surface area contributed by atoms with Crippen molar-refractivity contribution in [2.45, 2.75) is 26.3 Å². The van der Waals surface area contributed by atoms with Crippen LogP contribution in [0.3, 0.4) is 0 Å². The molecule has 6 heteroatoms. The molecule has 20 heavy (non-hydrogen) atoms. The Labute approximate surface area is 122 Å². The van der Waals surface area contributed by atoms with Gasteiger partial charge in [0.2, 0.25) is 0 Å². The fourth-order valence-electron chi connectivity index (χ4n) is 1.60. The van der Waals surface area contributed by atoms with Crippen LogP contribution in [-0.4, -0.2) is 29.6 Å². The number of halogens is 1.